The van der Waals surface area contributed by atoms with Crippen LogP contribution in [0.3, 0.4) is 0 Å². The Bertz CT molecular complexity index is 862. The van der Waals surface area contributed by atoms with Gasteiger partial charge in [-0.3, -0.25) is 9.59 Å². The summed E-state index contributed by atoms with van der Waals surface area (Å²) in [6.45, 7) is 4.47. The normalized spacial score (nSPS) is 13.7. The zero-order valence-electron chi connectivity index (χ0n) is 17.5. The first-order chi connectivity index (χ1) is 14.6. The summed E-state index contributed by atoms with van der Waals surface area (Å²) in [6, 6.07) is 15.5. The fourth-order valence-corrected chi connectivity index (χ4v) is 3.36. The smallest absolute Gasteiger partial charge is 0.309 e. The van der Waals surface area contributed by atoms with Crippen LogP contribution < -0.4 is 14.4 Å². The van der Waals surface area contributed by atoms with Crippen molar-refractivity contribution in [2.24, 2.45) is 0 Å². The van der Waals surface area contributed by atoms with E-state index in [4.69, 9.17) is 14.2 Å². The summed E-state index contributed by atoms with van der Waals surface area (Å²) in [7, 11) is 1.65. The molecule has 0 saturated carbocycles. The molecule has 2 aromatic rings. The molecule has 0 atom stereocenters. The minimum absolute atomic E-state index is 0.100. The van der Waals surface area contributed by atoms with Crippen molar-refractivity contribution >= 4 is 17.6 Å². The summed E-state index contributed by atoms with van der Waals surface area (Å²) in [5.74, 6) is 0.945. The van der Waals surface area contributed by atoms with E-state index < -0.39 is 5.97 Å². The van der Waals surface area contributed by atoms with Crippen molar-refractivity contribution < 1.29 is 23.8 Å². The van der Waals surface area contributed by atoms with E-state index in [1.165, 1.54) is 0 Å². The second-order valence-corrected chi connectivity index (χ2v) is 7.06. The summed E-state index contributed by atoms with van der Waals surface area (Å²) < 4.78 is 16.1. The number of hydrogen-bond acceptors (Lipinski definition) is 6. The number of nitrogens with zero attached hydrogens (tertiary/aromatic N) is 2. The highest BCUT2D eigenvalue weighted by atomic mass is 16.5. The number of piperazine rings is 1. The average molecular weight is 412 g/mol. The third kappa shape index (κ3) is 5.65. The number of methoxy groups -OCH3 is 1. The van der Waals surface area contributed by atoms with E-state index in [0.29, 0.717) is 26.2 Å². The maximum atomic E-state index is 12.4. The number of aryl methyl sites for hydroxylation is 1. The van der Waals surface area contributed by atoms with Crippen LogP contribution in [0.5, 0.6) is 11.5 Å². The number of hydrogen-bond donors (Lipinski definition) is 0. The molecule has 0 N–H and O–H groups in total. The van der Waals surface area contributed by atoms with Crippen molar-refractivity contribution in [1.29, 1.82) is 0 Å². The fraction of sp³-hybridized carbons (Fsp3) is 0.391. The Morgan fingerprint density at radius 2 is 1.60 bits per heavy atom. The van der Waals surface area contributed by atoms with E-state index in [0.717, 1.165) is 22.7 Å². The molecule has 1 fully saturated rings. The fourth-order valence-electron chi connectivity index (χ4n) is 3.36. The zero-order valence-corrected chi connectivity index (χ0v) is 17.5. The van der Waals surface area contributed by atoms with Crippen LogP contribution in [0.4, 0.5) is 5.69 Å². The quantitative estimate of drug-likeness (QED) is 0.621. The molecule has 1 heterocycles. The molecule has 1 aliphatic heterocycles. The van der Waals surface area contributed by atoms with E-state index in [1.807, 2.05) is 55.5 Å². The second-order valence-electron chi connectivity index (χ2n) is 7.06. The molecule has 0 aliphatic carbocycles. The lowest BCUT2D eigenvalue weighted by molar-refractivity contribution is -0.152. The lowest BCUT2D eigenvalue weighted by Crippen LogP contribution is -2.50. The Kier molecular flexibility index (Phi) is 7.54. The van der Waals surface area contributed by atoms with E-state index >= 15 is 0 Å². The number of anilines is 1. The third-order valence-corrected chi connectivity index (χ3v) is 5.07. The molecule has 30 heavy (non-hydrogen) atoms. The number of carbonyl (C=O) groups is 2. The molecule has 160 valence electrons. The number of amides is 1. The van der Waals surface area contributed by atoms with Gasteiger partial charge in [0, 0.05) is 26.2 Å². The van der Waals surface area contributed by atoms with Crippen LogP contribution in [0.25, 0.3) is 0 Å². The number of benzene rings is 2. The van der Waals surface area contributed by atoms with Gasteiger partial charge in [-0.15, -0.1) is 0 Å². The van der Waals surface area contributed by atoms with Crippen LogP contribution in [-0.2, 0) is 14.3 Å². The van der Waals surface area contributed by atoms with Gasteiger partial charge in [-0.1, -0.05) is 30.3 Å². The third-order valence-electron chi connectivity index (χ3n) is 5.07. The van der Waals surface area contributed by atoms with Gasteiger partial charge in [-0.05, 0) is 30.7 Å². The molecule has 7 nitrogen and oxygen atoms in total. The van der Waals surface area contributed by atoms with E-state index in [-0.39, 0.29) is 25.5 Å². The van der Waals surface area contributed by atoms with Crippen LogP contribution in [-0.4, -0.2) is 63.3 Å². The minimum atomic E-state index is -0.440. The van der Waals surface area contributed by atoms with Gasteiger partial charge in [-0.25, -0.2) is 0 Å². The molecule has 0 spiro atoms. The molecule has 7 heteroatoms. The van der Waals surface area contributed by atoms with Crippen molar-refractivity contribution in [1.82, 2.24) is 4.90 Å². The van der Waals surface area contributed by atoms with Crippen LogP contribution in [0.1, 0.15) is 12.0 Å². The molecule has 0 aromatic heterocycles. The van der Waals surface area contributed by atoms with Gasteiger partial charge in [0.05, 0.1) is 25.8 Å². The van der Waals surface area contributed by atoms with Crippen molar-refractivity contribution in [2.45, 2.75) is 13.3 Å². The van der Waals surface area contributed by atoms with Crippen LogP contribution in [0.15, 0.2) is 48.5 Å². The Hall–Kier alpha value is -3.22. The first kappa shape index (κ1) is 21.5. The summed E-state index contributed by atoms with van der Waals surface area (Å²) in [4.78, 5) is 28.2. The van der Waals surface area contributed by atoms with E-state index in [2.05, 4.69) is 4.90 Å². The Labute approximate surface area is 177 Å². The van der Waals surface area contributed by atoms with Gasteiger partial charge in [0.2, 0.25) is 0 Å². The standard InChI is InChI=1S/C23H28N2O5/c1-18-7-3-5-9-20(18)29-16-11-23(27)30-17-22(26)25-14-12-24(13-15-25)19-8-4-6-10-21(19)28-2/h3-10H,11-17H2,1-2H3. The molecule has 3 rings (SSSR count). The largest absolute Gasteiger partial charge is 0.495 e. The van der Waals surface area contributed by atoms with Crippen molar-refractivity contribution in [3.8, 4) is 11.5 Å². The van der Waals surface area contributed by atoms with E-state index in [9.17, 15) is 9.59 Å². The number of carbonyl (C=O) groups excluding carboxylic acids is 2. The number of esters is 1. The van der Waals surface area contributed by atoms with Crippen LogP contribution in [0.2, 0.25) is 0 Å². The predicted molar refractivity (Wildman–Crippen MR) is 114 cm³/mol. The maximum absolute atomic E-state index is 12.4. The molecule has 2 aromatic carbocycles. The minimum Gasteiger partial charge on any atom is -0.495 e. The number of ether oxygens (including phenoxy) is 3. The summed E-state index contributed by atoms with van der Waals surface area (Å²) in [5.41, 5.74) is 2.03. The highest BCUT2D eigenvalue weighted by molar-refractivity contribution is 5.81. The zero-order chi connectivity index (χ0) is 21.3. The van der Waals surface area contributed by atoms with Crippen LogP contribution >= 0.6 is 0 Å². The van der Waals surface area contributed by atoms with Gasteiger partial charge in [0.15, 0.2) is 6.61 Å². The highest BCUT2D eigenvalue weighted by Gasteiger charge is 2.23. The molecular formula is C23H28N2O5. The topological polar surface area (TPSA) is 68.3 Å². The Morgan fingerprint density at radius 3 is 2.30 bits per heavy atom. The number of rotatable bonds is 8. The molecule has 0 radical (unpaired) electrons. The maximum Gasteiger partial charge on any atom is 0.309 e. The first-order valence-electron chi connectivity index (χ1n) is 10.1. The lowest BCUT2D eigenvalue weighted by atomic mass is 10.2. The summed E-state index contributed by atoms with van der Waals surface area (Å²) in [5, 5.41) is 0. The van der Waals surface area contributed by atoms with Gasteiger partial charge in [0.1, 0.15) is 11.5 Å². The lowest BCUT2D eigenvalue weighted by Gasteiger charge is -2.36. The molecule has 1 aliphatic rings. The molecule has 1 amide bonds. The van der Waals surface area contributed by atoms with Gasteiger partial charge in [0.25, 0.3) is 5.91 Å². The molecular weight excluding hydrogens is 384 g/mol. The second kappa shape index (κ2) is 10.5. The van der Waals surface area contributed by atoms with E-state index in [1.54, 1.807) is 12.0 Å². The number of para-hydroxylation sites is 3. The predicted octanol–water partition coefficient (Wildman–Crippen LogP) is 2.66. The summed E-state index contributed by atoms with van der Waals surface area (Å²) in [6.07, 6.45) is 0.100. The summed E-state index contributed by atoms with van der Waals surface area (Å²) >= 11 is 0. The molecule has 0 unspecified atom stereocenters. The molecule has 0 bridgehead atoms. The van der Waals surface area contributed by atoms with Gasteiger partial charge >= 0.3 is 5.97 Å². The SMILES string of the molecule is COc1ccccc1N1CCN(C(=O)COC(=O)CCOc2ccccc2C)CC1. The average Bonchev–Trinajstić information content (AvgIpc) is 2.79. The molecule has 1 saturated heterocycles. The van der Waals surface area contributed by atoms with Crippen LogP contribution in [0, 0.1) is 6.92 Å². The monoisotopic (exact) mass is 412 g/mol. The Balaban J connectivity index is 1.37. The van der Waals surface area contributed by atoms with Gasteiger partial charge < -0.3 is 24.0 Å². The van der Waals surface area contributed by atoms with Crippen molar-refractivity contribution in [3.05, 3.63) is 54.1 Å². The van der Waals surface area contributed by atoms with Crippen molar-refractivity contribution in [3.63, 3.8) is 0 Å². The van der Waals surface area contributed by atoms with Gasteiger partial charge in [-0.2, -0.15) is 0 Å². The van der Waals surface area contributed by atoms with Crippen molar-refractivity contribution in [2.75, 3.05) is 51.4 Å². The highest BCUT2D eigenvalue weighted by Crippen LogP contribution is 2.28. The Morgan fingerprint density at radius 1 is 0.933 bits per heavy atom. The first-order valence-corrected chi connectivity index (χ1v) is 10.1.